The normalized spacial score (nSPS) is 9.88. The van der Waals surface area contributed by atoms with E-state index < -0.39 is 0 Å². The summed E-state index contributed by atoms with van der Waals surface area (Å²) in [7, 11) is 0. The molecular formula is C23H30I2Zr. The first-order chi connectivity index (χ1) is 12.3. The summed E-state index contributed by atoms with van der Waals surface area (Å²) < 4.78 is 0. The summed E-state index contributed by atoms with van der Waals surface area (Å²) in [6, 6.07) is 10.8. The van der Waals surface area contributed by atoms with Crippen LogP contribution in [0.1, 0.15) is 52.3 Å². The van der Waals surface area contributed by atoms with Gasteiger partial charge in [0.1, 0.15) is 0 Å². The maximum atomic E-state index is 2.45. The van der Waals surface area contributed by atoms with E-state index in [-0.39, 0.29) is 14.9 Å². The van der Waals surface area contributed by atoms with E-state index >= 15 is 0 Å². The first-order valence-corrected chi connectivity index (χ1v) is 23.7. The summed E-state index contributed by atoms with van der Waals surface area (Å²) in [6.45, 7) is 15.5. The SMILES string of the molecule is CCCc1c(C)c(C)c(C)[c-]1C.Cc1ccc(C)c2[cH-]ccc12.[I][Zr+2][I]. The molecule has 0 amide bonds. The zero-order valence-electron chi connectivity index (χ0n) is 17.1. The molecule has 0 nitrogen and oxygen atoms in total. The molecule has 26 heavy (non-hydrogen) atoms. The molecule has 3 rings (SSSR count). The van der Waals surface area contributed by atoms with Crippen LogP contribution in [0.3, 0.4) is 0 Å². The monoisotopic (exact) mass is 650 g/mol. The molecule has 0 atom stereocenters. The fourth-order valence-corrected chi connectivity index (χ4v) is 3.46. The van der Waals surface area contributed by atoms with Crippen LogP contribution in [-0.2, 0) is 21.3 Å². The summed E-state index contributed by atoms with van der Waals surface area (Å²) in [5.74, 6) is 0. The van der Waals surface area contributed by atoms with Crippen LogP contribution in [0.15, 0.2) is 30.3 Å². The minimum atomic E-state index is 0.170. The molecule has 3 heteroatoms. The number of fused-ring (bicyclic) bond motifs is 1. The van der Waals surface area contributed by atoms with Crippen LogP contribution in [0, 0.1) is 41.5 Å². The van der Waals surface area contributed by atoms with E-state index in [9.17, 15) is 0 Å². The Hall–Kier alpha value is 0.523. The van der Waals surface area contributed by atoms with Crippen molar-refractivity contribution in [3.8, 4) is 0 Å². The van der Waals surface area contributed by atoms with Gasteiger partial charge in [-0.1, -0.05) is 66.0 Å². The predicted octanol–water partition coefficient (Wildman–Crippen LogP) is 8.54. The van der Waals surface area contributed by atoms with Gasteiger partial charge in [0, 0.05) is 0 Å². The van der Waals surface area contributed by atoms with Crippen molar-refractivity contribution in [3.63, 3.8) is 0 Å². The molecule has 0 aliphatic heterocycles. The van der Waals surface area contributed by atoms with Crippen molar-refractivity contribution in [2.75, 3.05) is 0 Å². The van der Waals surface area contributed by atoms with Crippen molar-refractivity contribution in [1.82, 2.24) is 0 Å². The average Bonchev–Trinajstić information content (AvgIpc) is 3.18. The Morgan fingerprint density at radius 2 is 1.54 bits per heavy atom. The molecule has 140 valence electrons. The van der Waals surface area contributed by atoms with Gasteiger partial charge >= 0.3 is 50.9 Å². The molecule has 0 bridgehead atoms. The van der Waals surface area contributed by atoms with E-state index in [0.29, 0.717) is 0 Å². The zero-order valence-corrected chi connectivity index (χ0v) is 23.8. The Balaban J connectivity index is 0.000000227. The Labute approximate surface area is 190 Å². The van der Waals surface area contributed by atoms with E-state index in [1.54, 1.807) is 5.56 Å². The molecule has 3 aromatic carbocycles. The quantitative estimate of drug-likeness (QED) is 0.193. The van der Waals surface area contributed by atoms with Gasteiger partial charge < -0.3 is 0 Å². The standard InChI is InChI=1S/C12H19.C11H11.2HI.Zr/c1-6-7-12-10(4)8(2)9(3)11(12)5;1-8-6-7-9(2)11-5-3-4-10(8)11;;;/h6-7H2,1-5H3;3-7H,1-2H3;2*1H;/q2*-1;;;+4/p-2. The third-order valence-corrected chi connectivity index (χ3v) is 5.34. The molecule has 0 aliphatic carbocycles. The van der Waals surface area contributed by atoms with Crippen LogP contribution in [0.2, 0.25) is 0 Å². The minimum absolute atomic E-state index is 0.170. The summed E-state index contributed by atoms with van der Waals surface area (Å²) >= 11 is 5.06. The molecule has 0 aliphatic rings. The van der Waals surface area contributed by atoms with Crippen LogP contribution in [-0.4, -0.2) is 0 Å². The fraction of sp³-hybridized carbons (Fsp3) is 0.391. The molecule has 0 N–H and O–H groups in total. The van der Waals surface area contributed by atoms with Crippen LogP contribution in [0.25, 0.3) is 10.8 Å². The van der Waals surface area contributed by atoms with Gasteiger partial charge in [-0.25, -0.2) is 0 Å². The second-order valence-electron chi connectivity index (χ2n) is 6.85. The fourth-order valence-electron chi connectivity index (χ4n) is 3.46. The summed E-state index contributed by atoms with van der Waals surface area (Å²) in [6.07, 6.45) is 2.50. The number of aryl methyl sites for hydroxylation is 2. The molecule has 0 fully saturated rings. The molecule has 3 aromatic rings. The van der Waals surface area contributed by atoms with Crippen LogP contribution in [0.4, 0.5) is 0 Å². The van der Waals surface area contributed by atoms with Gasteiger partial charge in [0.25, 0.3) is 0 Å². The Kier molecular flexibility index (Phi) is 11.5. The van der Waals surface area contributed by atoms with Gasteiger partial charge in [0.2, 0.25) is 0 Å². The first-order valence-electron chi connectivity index (χ1n) is 9.09. The number of hydrogen-bond acceptors (Lipinski definition) is 0. The van der Waals surface area contributed by atoms with E-state index in [2.05, 4.69) is 115 Å². The van der Waals surface area contributed by atoms with Gasteiger partial charge in [-0.2, -0.15) is 39.9 Å². The van der Waals surface area contributed by atoms with Crippen molar-refractivity contribution in [2.24, 2.45) is 0 Å². The molecule has 0 heterocycles. The van der Waals surface area contributed by atoms with E-state index in [4.69, 9.17) is 0 Å². The number of benzene rings is 1. The number of halogens is 2. The third kappa shape index (κ3) is 6.27. The predicted molar refractivity (Wildman–Crippen MR) is 132 cm³/mol. The number of rotatable bonds is 2. The molecule has 0 radical (unpaired) electrons. The molecule has 0 spiro atoms. The Morgan fingerprint density at radius 1 is 0.962 bits per heavy atom. The van der Waals surface area contributed by atoms with E-state index in [1.807, 2.05) is 0 Å². The topological polar surface area (TPSA) is 0 Å². The Bertz CT molecular complexity index is 763. The van der Waals surface area contributed by atoms with E-state index in [0.717, 1.165) is 0 Å². The summed E-state index contributed by atoms with van der Waals surface area (Å²) in [5.41, 5.74) is 10.4. The zero-order chi connectivity index (χ0) is 19.9. The number of hydrogen-bond donors (Lipinski definition) is 0. The first kappa shape index (κ1) is 24.6. The maximum absolute atomic E-state index is 2.45. The van der Waals surface area contributed by atoms with Crippen molar-refractivity contribution >= 4 is 46.9 Å². The second kappa shape index (κ2) is 12.2. The van der Waals surface area contributed by atoms with Crippen molar-refractivity contribution < 1.29 is 14.9 Å². The third-order valence-electron chi connectivity index (χ3n) is 5.34. The van der Waals surface area contributed by atoms with Gasteiger partial charge in [-0.3, -0.25) is 0 Å². The van der Waals surface area contributed by atoms with Crippen molar-refractivity contribution in [2.45, 2.75) is 61.3 Å². The summed E-state index contributed by atoms with van der Waals surface area (Å²) in [5, 5.41) is 2.79. The molecular weight excluding hydrogens is 621 g/mol. The van der Waals surface area contributed by atoms with Crippen LogP contribution in [0.5, 0.6) is 0 Å². The molecule has 0 aromatic heterocycles. The van der Waals surface area contributed by atoms with Gasteiger partial charge in [-0.05, 0) is 6.92 Å². The van der Waals surface area contributed by atoms with Gasteiger partial charge in [-0.15, -0.1) is 28.5 Å². The van der Waals surface area contributed by atoms with Gasteiger partial charge in [0.15, 0.2) is 0 Å². The summed E-state index contributed by atoms with van der Waals surface area (Å²) in [4.78, 5) is 0. The average molecular weight is 652 g/mol. The Morgan fingerprint density at radius 3 is 2.00 bits per heavy atom. The molecule has 0 saturated carbocycles. The van der Waals surface area contributed by atoms with Crippen LogP contribution >= 0.6 is 36.1 Å². The van der Waals surface area contributed by atoms with Crippen LogP contribution < -0.4 is 0 Å². The van der Waals surface area contributed by atoms with E-state index in [1.165, 1.54) is 57.0 Å². The van der Waals surface area contributed by atoms with Crippen molar-refractivity contribution in [3.05, 3.63) is 69.3 Å². The van der Waals surface area contributed by atoms with Gasteiger partial charge in [0.05, 0.1) is 0 Å². The molecule has 0 unspecified atom stereocenters. The second-order valence-corrected chi connectivity index (χ2v) is 25.8. The van der Waals surface area contributed by atoms with Crippen molar-refractivity contribution in [1.29, 1.82) is 0 Å². The molecule has 0 saturated heterocycles.